The predicted octanol–water partition coefficient (Wildman–Crippen LogP) is 5.62. The van der Waals surface area contributed by atoms with Gasteiger partial charge in [0.25, 0.3) is 0 Å². The number of carbonyl (C=O) groups is 2. The Balaban J connectivity index is 1.87. The second-order valence-corrected chi connectivity index (χ2v) is 8.79. The molecule has 0 aliphatic heterocycles. The zero-order valence-corrected chi connectivity index (χ0v) is 20.0. The number of rotatable bonds is 8. The molecule has 7 heteroatoms. The van der Waals surface area contributed by atoms with Crippen molar-refractivity contribution >= 4 is 22.7 Å². The van der Waals surface area contributed by atoms with E-state index in [-0.39, 0.29) is 18.1 Å². The molecule has 0 aliphatic carbocycles. The van der Waals surface area contributed by atoms with Crippen LogP contribution in [0.1, 0.15) is 41.0 Å². The van der Waals surface area contributed by atoms with E-state index in [2.05, 4.69) is 0 Å². The van der Waals surface area contributed by atoms with E-state index >= 15 is 0 Å². The molecule has 1 aromatic heterocycles. The minimum atomic E-state index is -1.45. The molecule has 3 aromatic carbocycles. The van der Waals surface area contributed by atoms with E-state index in [1.165, 1.54) is 19.9 Å². The van der Waals surface area contributed by atoms with Gasteiger partial charge in [-0.2, -0.15) is 0 Å². The highest BCUT2D eigenvalue weighted by Gasteiger charge is 2.30. The minimum Gasteiger partial charge on any atom is -0.497 e. The number of aromatic nitrogens is 1. The van der Waals surface area contributed by atoms with Gasteiger partial charge in [-0.25, -0.2) is 9.18 Å². The summed E-state index contributed by atoms with van der Waals surface area (Å²) in [5.74, 6) is -0.659. The first-order valence-corrected chi connectivity index (χ1v) is 11.1. The zero-order chi connectivity index (χ0) is 25.3. The zero-order valence-electron chi connectivity index (χ0n) is 20.0. The number of carbonyl (C=O) groups excluding carboxylic acids is 1. The lowest BCUT2D eigenvalue weighted by Crippen LogP contribution is -2.37. The van der Waals surface area contributed by atoms with E-state index in [0.29, 0.717) is 44.8 Å². The largest absolute Gasteiger partial charge is 0.497 e. The van der Waals surface area contributed by atoms with Crippen LogP contribution in [0, 0.1) is 12.7 Å². The number of nitrogens with zero attached hydrogens (tertiary/aromatic N) is 1. The van der Waals surface area contributed by atoms with E-state index in [0.717, 1.165) is 0 Å². The average molecular weight is 476 g/mol. The Morgan fingerprint density at radius 2 is 1.66 bits per heavy atom. The Kier molecular flexibility index (Phi) is 6.35. The molecule has 1 heterocycles. The number of hydrogen-bond donors (Lipinski definition) is 1. The quantitative estimate of drug-likeness (QED) is 0.335. The van der Waals surface area contributed by atoms with Gasteiger partial charge in [-0.05, 0) is 63.2 Å². The van der Waals surface area contributed by atoms with Crippen molar-refractivity contribution < 1.29 is 28.6 Å². The summed E-state index contributed by atoms with van der Waals surface area (Å²) >= 11 is 0. The number of ketones is 1. The van der Waals surface area contributed by atoms with Gasteiger partial charge in [0, 0.05) is 28.3 Å². The molecule has 0 unspecified atom stereocenters. The lowest BCUT2D eigenvalue weighted by atomic mass is 10.0. The number of carboxylic acid groups (broad SMARTS) is 1. The Hall–Kier alpha value is -4.13. The number of methoxy groups -OCH3 is 1. The van der Waals surface area contributed by atoms with Crippen molar-refractivity contribution in [3.05, 3.63) is 94.9 Å². The number of carboxylic acids is 1. The molecule has 0 aliphatic rings. The van der Waals surface area contributed by atoms with Crippen LogP contribution in [-0.2, 0) is 11.3 Å². The maximum Gasteiger partial charge on any atom is 0.347 e. The van der Waals surface area contributed by atoms with E-state index in [1.807, 2.05) is 11.5 Å². The molecule has 0 fully saturated rings. The normalized spacial score (nSPS) is 11.5. The maximum atomic E-state index is 14.5. The van der Waals surface area contributed by atoms with Gasteiger partial charge < -0.3 is 19.1 Å². The highest BCUT2D eigenvalue weighted by atomic mass is 19.1. The highest BCUT2D eigenvalue weighted by molar-refractivity contribution is 6.17. The molecule has 0 amide bonds. The van der Waals surface area contributed by atoms with Gasteiger partial charge in [0.1, 0.15) is 17.3 Å². The van der Waals surface area contributed by atoms with Crippen LogP contribution in [0.3, 0.4) is 0 Å². The lowest BCUT2D eigenvalue weighted by molar-refractivity contribution is -0.152. The number of halogens is 1. The third-order valence-corrected chi connectivity index (χ3v) is 6.05. The second kappa shape index (κ2) is 9.25. The fourth-order valence-corrected chi connectivity index (χ4v) is 4.03. The molecule has 180 valence electrons. The van der Waals surface area contributed by atoms with Crippen molar-refractivity contribution in [2.24, 2.45) is 0 Å². The SMILES string of the molecule is COc1ccc(C(=O)c2c(C)n(Cc3ccccc3F)c3cc(OC(C)(C)C(=O)O)ccc23)cc1. The molecule has 0 saturated heterocycles. The third kappa shape index (κ3) is 4.62. The number of benzene rings is 3. The summed E-state index contributed by atoms with van der Waals surface area (Å²) in [5, 5.41) is 10.1. The van der Waals surface area contributed by atoms with Crippen molar-refractivity contribution in [1.29, 1.82) is 0 Å². The van der Waals surface area contributed by atoms with Crippen LogP contribution in [0.5, 0.6) is 11.5 Å². The number of hydrogen-bond acceptors (Lipinski definition) is 4. The van der Waals surface area contributed by atoms with Crippen molar-refractivity contribution in [3.63, 3.8) is 0 Å². The lowest BCUT2D eigenvalue weighted by Gasteiger charge is -2.21. The van der Waals surface area contributed by atoms with Gasteiger partial charge in [-0.1, -0.05) is 18.2 Å². The molecule has 35 heavy (non-hydrogen) atoms. The van der Waals surface area contributed by atoms with E-state index in [9.17, 15) is 19.1 Å². The Bertz CT molecular complexity index is 1420. The van der Waals surface area contributed by atoms with Crippen molar-refractivity contribution in [2.75, 3.05) is 7.11 Å². The second-order valence-electron chi connectivity index (χ2n) is 8.79. The summed E-state index contributed by atoms with van der Waals surface area (Å²) in [5.41, 5.74) is 1.30. The average Bonchev–Trinajstić information content (AvgIpc) is 3.10. The standard InChI is InChI=1S/C28H26FNO5/c1-17-25(26(31)18-9-11-20(34-4)12-10-18)22-14-13-21(35-28(2,3)27(32)33)15-24(22)30(17)16-19-7-5-6-8-23(19)29/h5-15H,16H2,1-4H3,(H,32,33). The number of fused-ring (bicyclic) bond motifs is 1. The van der Waals surface area contributed by atoms with Gasteiger partial charge in [0.2, 0.25) is 0 Å². The van der Waals surface area contributed by atoms with Crippen LogP contribution in [-0.4, -0.2) is 34.1 Å². The first-order valence-electron chi connectivity index (χ1n) is 11.1. The Morgan fingerprint density at radius 1 is 1.00 bits per heavy atom. The maximum absolute atomic E-state index is 14.5. The highest BCUT2D eigenvalue weighted by Crippen LogP contribution is 2.33. The van der Waals surface area contributed by atoms with Crippen LogP contribution in [0.25, 0.3) is 10.9 Å². The molecule has 0 atom stereocenters. The molecule has 4 aromatic rings. The molecular formula is C28H26FNO5. The van der Waals surface area contributed by atoms with E-state index in [4.69, 9.17) is 9.47 Å². The summed E-state index contributed by atoms with van der Waals surface area (Å²) in [6.45, 7) is 4.93. The summed E-state index contributed by atoms with van der Waals surface area (Å²) in [4.78, 5) is 25.1. The molecule has 0 bridgehead atoms. The fraction of sp³-hybridized carbons (Fsp3) is 0.214. The molecule has 1 N–H and O–H groups in total. The first kappa shape index (κ1) is 24.0. The molecule has 4 rings (SSSR count). The number of aliphatic carboxylic acids is 1. The molecule has 0 radical (unpaired) electrons. The Labute approximate surface area is 202 Å². The number of ether oxygens (including phenoxy) is 2. The van der Waals surface area contributed by atoms with Crippen molar-refractivity contribution in [1.82, 2.24) is 4.57 Å². The molecule has 0 saturated carbocycles. The summed E-state index contributed by atoms with van der Waals surface area (Å²) in [7, 11) is 1.56. The monoisotopic (exact) mass is 475 g/mol. The summed E-state index contributed by atoms with van der Waals surface area (Å²) in [6.07, 6.45) is 0. The summed E-state index contributed by atoms with van der Waals surface area (Å²) in [6, 6.07) is 18.4. The summed E-state index contributed by atoms with van der Waals surface area (Å²) < 4.78 is 27.3. The van der Waals surface area contributed by atoms with Gasteiger partial charge in [0.15, 0.2) is 11.4 Å². The Morgan fingerprint density at radius 3 is 2.29 bits per heavy atom. The third-order valence-electron chi connectivity index (χ3n) is 6.05. The smallest absolute Gasteiger partial charge is 0.347 e. The van der Waals surface area contributed by atoms with Gasteiger partial charge in [-0.15, -0.1) is 0 Å². The van der Waals surface area contributed by atoms with Gasteiger partial charge in [0.05, 0.1) is 24.7 Å². The van der Waals surface area contributed by atoms with Crippen molar-refractivity contribution in [3.8, 4) is 11.5 Å². The van der Waals surface area contributed by atoms with Crippen molar-refractivity contribution in [2.45, 2.75) is 32.9 Å². The van der Waals surface area contributed by atoms with Crippen LogP contribution in [0.4, 0.5) is 4.39 Å². The van der Waals surface area contributed by atoms with Crippen LogP contribution in [0.15, 0.2) is 66.7 Å². The first-order chi connectivity index (χ1) is 16.6. The molecular weight excluding hydrogens is 449 g/mol. The molecule has 6 nitrogen and oxygen atoms in total. The van der Waals surface area contributed by atoms with Crippen LogP contribution < -0.4 is 9.47 Å². The van der Waals surface area contributed by atoms with E-state index in [1.54, 1.807) is 67.8 Å². The predicted molar refractivity (Wildman–Crippen MR) is 131 cm³/mol. The van der Waals surface area contributed by atoms with Crippen LogP contribution >= 0.6 is 0 Å². The van der Waals surface area contributed by atoms with Gasteiger partial charge >= 0.3 is 5.97 Å². The van der Waals surface area contributed by atoms with E-state index < -0.39 is 11.6 Å². The van der Waals surface area contributed by atoms with Gasteiger partial charge in [-0.3, -0.25) is 4.79 Å². The molecule has 0 spiro atoms. The van der Waals surface area contributed by atoms with Crippen LogP contribution in [0.2, 0.25) is 0 Å². The minimum absolute atomic E-state index is 0.179. The fourth-order valence-electron chi connectivity index (χ4n) is 4.03. The topological polar surface area (TPSA) is 77.8 Å².